The molecule has 1 aromatic heterocycles. The second kappa shape index (κ2) is 9.62. The molecule has 2 aliphatic rings. The molecule has 0 saturated carbocycles. The molecule has 0 bridgehead atoms. The van der Waals surface area contributed by atoms with E-state index >= 15 is 0 Å². The summed E-state index contributed by atoms with van der Waals surface area (Å²) in [5.41, 5.74) is 1.57. The molecular weight excluding hydrogens is 448 g/mol. The Hall–Kier alpha value is -3.40. The van der Waals surface area contributed by atoms with Crippen LogP contribution in [0.1, 0.15) is 34.7 Å². The average Bonchev–Trinajstić information content (AvgIpc) is 3.57. The fourth-order valence-electron chi connectivity index (χ4n) is 3.83. The molecule has 0 radical (unpaired) electrons. The molecule has 1 aromatic carbocycles. The SMILES string of the molecule is COC(=O)c1ccc(CN2C(=O)S/C(=C/c3cc(OC)c(N4CCCC4)cc3OC)C2=O)o1. The number of hydrogen-bond donors (Lipinski definition) is 0. The van der Waals surface area contributed by atoms with Crippen molar-refractivity contribution in [1.82, 2.24) is 4.90 Å². The van der Waals surface area contributed by atoms with Crippen molar-refractivity contribution in [2.45, 2.75) is 19.4 Å². The highest BCUT2D eigenvalue weighted by Gasteiger charge is 2.36. The van der Waals surface area contributed by atoms with E-state index < -0.39 is 17.1 Å². The van der Waals surface area contributed by atoms with E-state index in [1.165, 1.54) is 19.2 Å². The number of carbonyl (C=O) groups excluding carboxylic acids is 3. The molecule has 0 aliphatic carbocycles. The first-order valence-electron chi connectivity index (χ1n) is 10.4. The van der Waals surface area contributed by atoms with Gasteiger partial charge < -0.3 is 23.5 Å². The van der Waals surface area contributed by atoms with Crippen LogP contribution in [-0.4, -0.2) is 56.4 Å². The summed E-state index contributed by atoms with van der Waals surface area (Å²) in [5, 5.41) is -0.429. The molecular formula is C23H24N2O7S. The Bertz CT molecular complexity index is 1120. The fraction of sp³-hybridized carbons (Fsp3) is 0.348. The number of amides is 2. The third kappa shape index (κ3) is 4.56. The molecule has 2 saturated heterocycles. The average molecular weight is 473 g/mol. The molecule has 3 heterocycles. The minimum absolute atomic E-state index is 0.00457. The standard InChI is InChI=1S/C23H24N2O7S/c1-29-18-12-16(24-8-4-5-9-24)19(30-2)10-14(18)11-20-21(26)25(23(28)33-20)13-15-6-7-17(32-15)22(27)31-3/h6-7,10-12H,4-5,8-9,13H2,1-3H3/b20-11+. The molecule has 0 spiro atoms. The van der Waals surface area contributed by atoms with Crippen molar-refractivity contribution in [3.05, 3.63) is 46.3 Å². The zero-order chi connectivity index (χ0) is 23.5. The smallest absolute Gasteiger partial charge is 0.373 e. The second-order valence-corrected chi connectivity index (χ2v) is 8.48. The third-order valence-electron chi connectivity index (χ3n) is 5.50. The molecule has 2 fully saturated rings. The van der Waals surface area contributed by atoms with Gasteiger partial charge in [0.1, 0.15) is 17.3 Å². The van der Waals surface area contributed by atoms with Crippen LogP contribution >= 0.6 is 11.8 Å². The van der Waals surface area contributed by atoms with Crippen LogP contribution < -0.4 is 14.4 Å². The third-order valence-corrected chi connectivity index (χ3v) is 6.41. The molecule has 0 atom stereocenters. The summed E-state index contributed by atoms with van der Waals surface area (Å²) in [4.78, 5) is 40.6. The molecule has 0 unspecified atom stereocenters. The predicted molar refractivity (Wildman–Crippen MR) is 123 cm³/mol. The highest BCUT2D eigenvalue weighted by Crippen LogP contribution is 2.40. The van der Waals surface area contributed by atoms with Crippen LogP contribution in [0.3, 0.4) is 0 Å². The Morgan fingerprint density at radius 3 is 2.48 bits per heavy atom. The van der Waals surface area contributed by atoms with Crippen LogP contribution in [-0.2, 0) is 16.1 Å². The van der Waals surface area contributed by atoms with Crippen molar-refractivity contribution >= 4 is 40.6 Å². The Balaban J connectivity index is 1.59. The van der Waals surface area contributed by atoms with Gasteiger partial charge in [0.15, 0.2) is 0 Å². The van der Waals surface area contributed by atoms with E-state index in [9.17, 15) is 14.4 Å². The Morgan fingerprint density at radius 2 is 1.82 bits per heavy atom. The van der Waals surface area contributed by atoms with Gasteiger partial charge in [0, 0.05) is 24.7 Å². The lowest BCUT2D eigenvalue weighted by Crippen LogP contribution is -2.27. The molecule has 0 N–H and O–H groups in total. The maximum Gasteiger partial charge on any atom is 0.373 e. The quantitative estimate of drug-likeness (QED) is 0.438. The lowest BCUT2D eigenvalue weighted by Gasteiger charge is -2.22. The summed E-state index contributed by atoms with van der Waals surface area (Å²) < 4.78 is 21.2. The fourth-order valence-corrected chi connectivity index (χ4v) is 4.66. The Labute approximate surface area is 195 Å². The number of thioether (sulfide) groups is 1. The molecule has 33 heavy (non-hydrogen) atoms. The summed E-state index contributed by atoms with van der Waals surface area (Å²) in [6.07, 6.45) is 3.87. The summed E-state index contributed by atoms with van der Waals surface area (Å²) >= 11 is 0.834. The van der Waals surface area contributed by atoms with Gasteiger partial charge in [-0.15, -0.1) is 0 Å². The number of hydrogen-bond acceptors (Lipinski definition) is 9. The van der Waals surface area contributed by atoms with Gasteiger partial charge in [-0.1, -0.05) is 0 Å². The first kappa shape index (κ1) is 22.8. The lowest BCUT2D eigenvalue weighted by atomic mass is 10.1. The van der Waals surface area contributed by atoms with E-state index in [4.69, 9.17) is 13.9 Å². The van der Waals surface area contributed by atoms with Gasteiger partial charge in [-0.3, -0.25) is 14.5 Å². The number of anilines is 1. The van der Waals surface area contributed by atoms with Gasteiger partial charge >= 0.3 is 5.97 Å². The number of methoxy groups -OCH3 is 3. The van der Waals surface area contributed by atoms with Crippen molar-refractivity contribution in [3.8, 4) is 11.5 Å². The van der Waals surface area contributed by atoms with Crippen molar-refractivity contribution in [2.75, 3.05) is 39.3 Å². The highest BCUT2D eigenvalue weighted by molar-refractivity contribution is 8.18. The van der Waals surface area contributed by atoms with E-state index in [2.05, 4.69) is 9.64 Å². The van der Waals surface area contributed by atoms with Crippen molar-refractivity contribution in [1.29, 1.82) is 0 Å². The minimum Gasteiger partial charge on any atom is -0.496 e. The van der Waals surface area contributed by atoms with E-state index in [0.717, 1.165) is 48.3 Å². The molecule has 2 aromatic rings. The topological polar surface area (TPSA) is 98.5 Å². The van der Waals surface area contributed by atoms with Gasteiger partial charge in [0.05, 0.1) is 38.5 Å². The van der Waals surface area contributed by atoms with Crippen LogP contribution in [0.25, 0.3) is 6.08 Å². The number of rotatable bonds is 7. The van der Waals surface area contributed by atoms with Crippen LogP contribution in [0, 0.1) is 0 Å². The monoisotopic (exact) mass is 472 g/mol. The molecule has 2 aliphatic heterocycles. The Kier molecular flexibility index (Phi) is 6.64. The first-order chi connectivity index (χ1) is 15.9. The van der Waals surface area contributed by atoms with Crippen LogP contribution in [0.5, 0.6) is 11.5 Å². The van der Waals surface area contributed by atoms with Gasteiger partial charge in [-0.25, -0.2) is 4.79 Å². The summed E-state index contributed by atoms with van der Waals surface area (Å²) in [6.45, 7) is 1.80. The zero-order valence-corrected chi connectivity index (χ0v) is 19.4. The largest absolute Gasteiger partial charge is 0.496 e. The van der Waals surface area contributed by atoms with Gasteiger partial charge in [0.25, 0.3) is 11.1 Å². The van der Waals surface area contributed by atoms with Crippen molar-refractivity contribution in [2.24, 2.45) is 0 Å². The Morgan fingerprint density at radius 1 is 1.09 bits per heavy atom. The highest BCUT2D eigenvalue weighted by atomic mass is 32.2. The van der Waals surface area contributed by atoms with Crippen molar-refractivity contribution in [3.63, 3.8) is 0 Å². The lowest BCUT2D eigenvalue weighted by molar-refractivity contribution is -0.123. The van der Waals surface area contributed by atoms with Crippen LogP contribution in [0.2, 0.25) is 0 Å². The number of furan rings is 1. The summed E-state index contributed by atoms with van der Waals surface area (Å²) in [7, 11) is 4.41. The molecule has 174 valence electrons. The van der Waals surface area contributed by atoms with E-state index in [1.54, 1.807) is 20.3 Å². The number of esters is 1. The van der Waals surface area contributed by atoms with Gasteiger partial charge in [0.2, 0.25) is 5.76 Å². The van der Waals surface area contributed by atoms with Crippen LogP contribution in [0.4, 0.5) is 10.5 Å². The normalized spacial score (nSPS) is 17.2. The van der Waals surface area contributed by atoms with E-state index in [0.29, 0.717) is 22.8 Å². The van der Waals surface area contributed by atoms with E-state index in [-0.39, 0.29) is 17.2 Å². The maximum atomic E-state index is 13.0. The number of imide groups is 1. The zero-order valence-electron chi connectivity index (χ0n) is 18.6. The maximum absolute atomic E-state index is 13.0. The minimum atomic E-state index is -0.631. The number of ether oxygens (including phenoxy) is 3. The molecule has 2 amide bonds. The van der Waals surface area contributed by atoms with Crippen LogP contribution in [0.15, 0.2) is 33.6 Å². The predicted octanol–water partition coefficient (Wildman–Crippen LogP) is 3.92. The summed E-state index contributed by atoms with van der Waals surface area (Å²) in [5.74, 6) is 0.477. The number of nitrogens with zero attached hydrogens (tertiary/aromatic N) is 2. The number of benzene rings is 1. The molecule has 10 heteroatoms. The first-order valence-corrected chi connectivity index (χ1v) is 11.2. The second-order valence-electron chi connectivity index (χ2n) is 7.49. The van der Waals surface area contributed by atoms with Crippen molar-refractivity contribution < 1.29 is 33.0 Å². The molecule has 4 rings (SSSR count). The summed E-state index contributed by atoms with van der Waals surface area (Å²) in [6, 6.07) is 6.69. The van der Waals surface area contributed by atoms with Gasteiger partial charge in [-0.2, -0.15) is 0 Å². The van der Waals surface area contributed by atoms with E-state index in [1.807, 2.05) is 12.1 Å². The molecule has 9 nitrogen and oxygen atoms in total. The number of carbonyl (C=O) groups is 3. The van der Waals surface area contributed by atoms with Gasteiger partial charge in [-0.05, 0) is 48.9 Å².